The molecule has 0 atom stereocenters. The molecule has 1 amide bonds. The molecule has 128 valence electrons. The normalized spacial score (nSPS) is 10.5. The Morgan fingerprint density at radius 1 is 1.16 bits per heavy atom. The van der Waals surface area contributed by atoms with E-state index in [4.69, 9.17) is 4.74 Å². The lowest BCUT2D eigenvalue weighted by atomic mass is 10.1. The highest BCUT2D eigenvalue weighted by Gasteiger charge is 2.14. The first-order chi connectivity index (χ1) is 12.1. The van der Waals surface area contributed by atoms with Crippen molar-refractivity contribution in [2.75, 3.05) is 7.11 Å². The van der Waals surface area contributed by atoms with Crippen LogP contribution in [0.5, 0.6) is 5.75 Å². The lowest BCUT2D eigenvalue weighted by Gasteiger charge is -2.04. The van der Waals surface area contributed by atoms with Crippen LogP contribution >= 0.6 is 0 Å². The van der Waals surface area contributed by atoms with Gasteiger partial charge in [-0.15, -0.1) is 0 Å². The summed E-state index contributed by atoms with van der Waals surface area (Å²) in [5.74, 6) is 0.579. The fraction of sp³-hybridized carbons (Fsp3) is 0.200. The van der Waals surface area contributed by atoms with Crippen LogP contribution in [0.15, 0.2) is 54.6 Å². The molecule has 0 aliphatic heterocycles. The second kappa shape index (κ2) is 7.21. The van der Waals surface area contributed by atoms with E-state index in [0.717, 1.165) is 22.6 Å². The highest BCUT2D eigenvalue weighted by molar-refractivity contribution is 5.93. The molecule has 0 fully saturated rings. The molecule has 3 aromatic rings. The number of hydrogen-bond acceptors (Lipinski definition) is 3. The van der Waals surface area contributed by atoms with Crippen molar-refractivity contribution < 1.29 is 9.53 Å². The summed E-state index contributed by atoms with van der Waals surface area (Å²) in [7, 11) is 3.46. The van der Waals surface area contributed by atoms with E-state index in [1.807, 2.05) is 56.4 Å². The Labute approximate surface area is 147 Å². The van der Waals surface area contributed by atoms with Crippen LogP contribution in [0.1, 0.15) is 21.6 Å². The van der Waals surface area contributed by atoms with Gasteiger partial charge in [-0.1, -0.05) is 42.0 Å². The van der Waals surface area contributed by atoms with Gasteiger partial charge in [-0.2, -0.15) is 5.10 Å². The van der Waals surface area contributed by atoms with Crippen LogP contribution in [-0.4, -0.2) is 22.8 Å². The van der Waals surface area contributed by atoms with E-state index >= 15 is 0 Å². The fourth-order valence-corrected chi connectivity index (χ4v) is 2.73. The van der Waals surface area contributed by atoms with E-state index in [-0.39, 0.29) is 5.91 Å². The summed E-state index contributed by atoms with van der Waals surface area (Å²) in [6.45, 7) is 2.51. The monoisotopic (exact) mass is 335 g/mol. The molecule has 0 aliphatic rings. The number of nitrogens with zero attached hydrogens (tertiary/aromatic N) is 2. The third-order valence-electron chi connectivity index (χ3n) is 4.01. The van der Waals surface area contributed by atoms with Gasteiger partial charge in [-0.05, 0) is 30.7 Å². The number of carbonyl (C=O) groups is 1. The largest absolute Gasteiger partial charge is 0.497 e. The second-order valence-corrected chi connectivity index (χ2v) is 5.94. The van der Waals surface area contributed by atoms with Crippen molar-refractivity contribution in [3.05, 3.63) is 71.4 Å². The molecule has 1 N–H and O–H groups in total. The van der Waals surface area contributed by atoms with Gasteiger partial charge in [0, 0.05) is 19.2 Å². The molecule has 0 bridgehead atoms. The smallest absolute Gasteiger partial charge is 0.272 e. The quantitative estimate of drug-likeness (QED) is 0.778. The molecule has 5 nitrogen and oxygen atoms in total. The molecular formula is C20H21N3O2. The first kappa shape index (κ1) is 16.8. The van der Waals surface area contributed by atoms with Crippen LogP contribution in [0.25, 0.3) is 11.3 Å². The Hall–Kier alpha value is -3.08. The molecule has 1 aromatic heterocycles. The van der Waals surface area contributed by atoms with Gasteiger partial charge in [-0.3, -0.25) is 9.48 Å². The minimum atomic E-state index is -0.189. The Morgan fingerprint density at radius 2 is 1.96 bits per heavy atom. The van der Waals surface area contributed by atoms with Gasteiger partial charge in [0.1, 0.15) is 5.75 Å². The summed E-state index contributed by atoms with van der Waals surface area (Å²) >= 11 is 0. The third kappa shape index (κ3) is 3.88. The van der Waals surface area contributed by atoms with Gasteiger partial charge in [0.05, 0.1) is 12.8 Å². The molecule has 2 aromatic carbocycles. The molecule has 25 heavy (non-hydrogen) atoms. The molecule has 1 heterocycles. The van der Waals surface area contributed by atoms with Gasteiger partial charge in [0.25, 0.3) is 5.91 Å². The maximum absolute atomic E-state index is 12.4. The fourth-order valence-electron chi connectivity index (χ4n) is 2.73. The molecule has 0 unspecified atom stereocenters. The number of nitrogens with one attached hydrogen (secondary N) is 1. The highest BCUT2D eigenvalue weighted by Crippen LogP contribution is 2.24. The minimum Gasteiger partial charge on any atom is -0.497 e. The van der Waals surface area contributed by atoms with Gasteiger partial charge < -0.3 is 10.1 Å². The summed E-state index contributed by atoms with van der Waals surface area (Å²) in [6, 6.07) is 17.5. The van der Waals surface area contributed by atoms with Gasteiger partial charge in [-0.25, -0.2) is 0 Å². The maximum atomic E-state index is 12.4. The summed E-state index contributed by atoms with van der Waals surface area (Å²) in [6.07, 6.45) is 0. The number of aromatic nitrogens is 2. The Kier molecular flexibility index (Phi) is 4.84. The molecule has 0 radical (unpaired) electrons. The zero-order valence-corrected chi connectivity index (χ0v) is 14.6. The summed E-state index contributed by atoms with van der Waals surface area (Å²) in [4.78, 5) is 12.4. The number of amides is 1. The van der Waals surface area contributed by atoms with Crippen LogP contribution in [-0.2, 0) is 13.6 Å². The SMILES string of the molecule is COc1cccc(-c2cc(C(=O)NCc3cccc(C)c3)nn2C)c1. The van der Waals surface area contributed by atoms with Crippen LogP contribution < -0.4 is 10.1 Å². The van der Waals surface area contributed by atoms with Gasteiger partial charge in [0.2, 0.25) is 0 Å². The Bertz CT molecular complexity index is 899. The number of ether oxygens (including phenoxy) is 1. The van der Waals surface area contributed by atoms with Crippen LogP contribution in [0.2, 0.25) is 0 Å². The zero-order chi connectivity index (χ0) is 17.8. The van der Waals surface area contributed by atoms with Crippen molar-refractivity contribution >= 4 is 5.91 Å². The topological polar surface area (TPSA) is 56.1 Å². The third-order valence-corrected chi connectivity index (χ3v) is 4.01. The molecule has 0 saturated carbocycles. The van der Waals surface area contributed by atoms with E-state index in [1.54, 1.807) is 17.9 Å². The lowest BCUT2D eigenvalue weighted by Crippen LogP contribution is -2.23. The van der Waals surface area contributed by atoms with Crippen molar-refractivity contribution in [3.8, 4) is 17.0 Å². The van der Waals surface area contributed by atoms with E-state index < -0.39 is 0 Å². The average Bonchev–Trinajstić information content (AvgIpc) is 3.01. The second-order valence-electron chi connectivity index (χ2n) is 5.94. The summed E-state index contributed by atoms with van der Waals surface area (Å²) in [5, 5.41) is 7.25. The number of carbonyl (C=O) groups excluding carboxylic acids is 1. The number of aryl methyl sites for hydroxylation is 2. The van der Waals surface area contributed by atoms with E-state index in [1.165, 1.54) is 5.56 Å². The van der Waals surface area contributed by atoms with Crippen molar-refractivity contribution in [3.63, 3.8) is 0 Å². The van der Waals surface area contributed by atoms with Crippen molar-refractivity contribution in [2.45, 2.75) is 13.5 Å². The molecule has 0 saturated heterocycles. The van der Waals surface area contributed by atoms with Gasteiger partial charge >= 0.3 is 0 Å². The number of methoxy groups -OCH3 is 1. The van der Waals surface area contributed by atoms with E-state index in [2.05, 4.69) is 16.5 Å². The van der Waals surface area contributed by atoms with Crippen molar-refractivity contribution in [2.24, 2.45) is 7.05 Å². The van der Waals surface area contributed by atoms with E-state index in [0.29, 0.717) is 12.2 Å². The standard InChI is InChI=1S/C20H21N3O2/c1-14-6-4-7-15(10-14)13-21-20(24)18-12-19(23(2)22-18)16-8-5-9-17(11-16)25-3/h4-12H,13H2,1-3H3,(H,21,24). The predicted octanol–water partition coefficient (Wildman–Crippen LogP) is 3.33. The minimum absolute atomic E-state index is 0.189. The van der Waals surface area contributed by atoms with Crippen molar-refractivity contribution in [1.82, 2.24) is 15.1 Å². The number of rotatable bonds is 5. The maximum Gasteiger partial charge on any atom is 0.272 e. The number of benzene rings is 2. The predicted molar refractivity (Wildman–Crippen MR) is 97.5 cm³/mol. The average molecular weight is 335 g/mol. The first-order valence-corrected chi connectivity index (χ1v) is 8.09. The number of hydrogen-bond donors (Lipinski definition) is 1. The van der Waals surface area contributed by atoms with Crippen LogP contribution in [0.4, 0.5) is 0 Å². The molecule has 5 heteroatoms. The molecular weight excluding hydrogens is 314 g/mol. The summed E-state index contributed by atoms with van der Waals surface area (Å²) < 4.78 is 6.96. The first-order valence-electron chi connectivity index (χ1n) is 8.09. The van der Waals surface area contributed by atoms with E-state index in [9.17, 15) is 4.79 Å². The van der Waals surface area contributed by atoms with Crippen LogP contribution in [0.3, 0.4) is 0 Å². The Balaban J connectivity index is 1.76. The summed E-state index contributed by atoms with van der Waals surface area (Å²) in [5.41, 5.74) is 4.45. The Morgan fingerprint density at radius 3 is 2.72 bits per heavy atom. The highest BCUT2D eigenvalue weighted by atomic mass is 16.5. The lowest BCUT2D eigenvalue weighted by molar-refractivity contribution is 0.0945. The zero-order valence-electron chi connectivity index (χ0n) is 14.6. The van der Waals surface area contributed by atoms with Crippen molar-refractivity contribution in [1.29, 1.82) is 0 Å². The molecule has 0 spiro atoms. The van der Waals surface area contributed by atoms with Gasteiger partial charge in [0.15, 0.2) is 5.69 Å². The molecule has 0 aliphatic carbocycles. The molecule has 3 rings (SSSR count). The van der Waals surface area contributed by atoms with Crippen LogP contribution in [0, 0.1) is 6.92 Å².